The fourth-order valence-corrected chi connectivity index (χ4v) is 1.27. The van der Waals surface area contributed by atoms with E-state index >= 15 is 0 Å². The molecule has 0 aromatic carbocycles. The largest absolute Gasteiger partial charge is 1.00 e. The van der Waals surface area contributed by atoms with Gasteiger partial charge in [0.25, 0.3) is 0 Å². The number of carbonyl (C=O) groups excluding carboxylic acids is 1. The number of nitrogens with one attached hydrogen (secondary N) is 2. The number of carboxylic acids is 1. The topological polar surface area (TPSA) is 84.4 Å². The van der Waals surface area contributed by atoms with Crippen molar-refractivity contribution in [2.45, 2.75) is 45.3 Å². The molecule has 0 rings (SSSR count). The fourth-order valence-electron chi connectivity index (χ4n) is 1.27. The van der Waals surface area contributed by atoms with Crippen LogP contribution >= 0.6 is 0 Å². The third kappa shape index (κ3) is 13.2. The number of aliphatic carboxylic acids is 1. The zero-order chi connectivity index (χ0) is 12.4. The molecule has 0 aliphatic carbocycles. The first-order chi connectivity index (χ1) is 7.57. The van der Waals surface area contributed by atoms with Crippen LogP contribution in [0.5, 0.6) is 0 Å². The number of aliphatic hydroxyl groups excluding tert-OH is 1. The molecular weight excluding hydrogens is 247 g/mol. The molecule has 0 aliphatic rings. The molecule has 0 amide bonds. The summed E-state index contributed by atoms with van der Waals surface area (Å²) in [5, 5.41) is 25.7. The molecule has 3 N–H and O–H groups in total. The van der Waals surface area contributed by atoms with Crippen LogP contribution in [0.2, 0.25) is 0 Å². The summed E-state index contributed by atoms with van der Waals surface area (Å²) in [6.07, 6.45) is 2.62. The molecule has 6 heteroatoms. The maximum Gasteiger partial charge on any atom is 1.00 e. The monoisotopic (exact) mass is 270 g/mol. The Morgan fingerprint density at radius 2 is 2.06 bits per heavy atom. The van der Waals surface area contributed by atoms with E-state index in [1.807, 2.05) is 0 Å². The fraction of sp³-hybridized carbons (Fsp3) is 0.909. The number of unbranched alkanes of at least 4 members (excludes halogenated alkanes) is 1. The molecule has 5 nitrogen and oxygen atoms in total. The molecule has 0 heterocycles. The third-order valence-electron chi connectivity index (χ3n) is 2.38. The van der Waals surface area contributed by atoms with E-state index in [9.17, 15) is 15.0 Å². The van der Waals surface area contributed by atoms with Gasteiger partial charge in [-0.25, -0.2) is 0 Å². The van der Waals surface area contributed by atoms with Crippen LogP contribution in [0.4, 0.5) is 0 Å². The van der Waals surface area contributed by atoms with E-state index in [1.165, 1.54) is 0 Å². The molecule has 0 saturated heterocycles. The number of aliphatic hydroxyl groups is 1. The number of rotatable bonds is 10. The summed E-state index contributed by atoms with van der Waals surface area (Å²) in [4.78, 5) is 10.4. The number of carboxylic acid groups (broad SMARTS) is 1. The Hall–Kier alpha value is 0.986. The summed E-state index contributed by atoms with van der Waals surface area (Å²) in [7, 11) is 0. The van der Waals surface area contributed by atoms with Crippen molar-refractivity contribution < 1.29 is 66.4 Å². The van der Waals surface area contributed by atoms with Crippen molar-refractivity contribution in [3.05, 3.63) is 0 Å². The van der Waals surface area contributed by atoms with Crippen molar-refractivity contribution in [1.82, 2.24) is 10.6 Å². The van der Waals surface area contributed by atoms with Gasteiger partial charge in [0.2, 0.25) is 0 Å². The quantitative estimate of drug-likeness (QED) is 0.277. The van der Waals surface area contributed by atoms with E-state index < -0.39 is 12.0 Å². The minimum Gasteiger partial charge on any atom is -0.548 e. The molecule has 0 aliphatic heterocycles. The smallest absolute Gasteiger partial charge is 0.548 e. The Morgan fingerprint density at radius 1 is 1.41 bits per heavy atom. The van der Waals surface area contributed by atoms with Gasteiger partial charge in [0.05, 0.1) is 12.1 Å². The van der Waals surface area contributed by atoms with Crippen molar-refractivity contribution >= 4 is 5.97 Å². The van der Waals surface area contributed by atoms with Crippen LogP contribution < -0.4 is 67.1 Å². The van der Waals surface area contributed by atoms with Gasteiger partial charge in [-0.3, -0.25) is 0 Å². The predicted octanol–water partition coefficient (Wildman–Crippen LogP) is -4.14. The number of carbonyl (C=O) groups is 1. The molecule has 0 aromatic rings. The van der Waals surface area contributed by atoms with E-state index in [0.29, 0.717) is 19.6 Å². The van der Waals surface area contributed by atoms with Gasteiger partial charge in [-0.05, 0) is 13.3 Å². The first-order valence-corrected chi connectivity index (χ1v) is 5.91. The standard InChI is InChI=1S/C11H24N2O3.K/c1-3-4-5-10(14)8-12-6-7-13-9(2)11(15)16;/h9-10,12-14H,3-8H2,1-2H3,(H,15,16);/q;+1/p-1. The van der Waals surface area contributed by atoms with Gasteiger partial charge < -0.3 is 25.6 Å². The zero-order valence-corrected chi connectivity index (χ0v) is 14.3. The second-order valence-electron chi connectivity index (χ2n) is 4.00. The minimum atomic E-state index is -1.09. The minimum absolute atomic E-state index is 0. The van der Waals surface area contributed by atoms with Crippen LogP contribution in [0.1, 0.15) is 33.1 Å². The third-order valence-corrected chi connectivity index (χ3v) is 2.38. The second kappa shape index (κ2) is 13.4. The van der Waals surface area contributed by atoms with Gasteiger partial charge in [0, 0.05) is 25.7 Å². The first kappa shape index (κ1) is 20.3. The molecular formula is C11H23KN2O3. The molecule has 0 aromatic heterocycles. The van der Waals surface area contributed by atoms with Gasteiger partial charge in [-0.1, -0.05) is 19.8 Å². The van der Waals surface area contributed by atoms with Crippen LogP contribution in [0, 0.1) is 0 Å². The van der Waals surface area contributed by atoms with E-state index in [0.717, 1.165) is 19.3 Å². The maximum atomic E-state index is 10.4. The van der Waals surface area contributed by atoms with Gasteiger partial charge in [-0.15, -0.1) is 0 Å². The zero-order valence-electron chi connectivity index (χ0n) is 11.2. The summed E-state index contributed by atoms with van der Waals surface area (Å²) in [6.45, 7) is 5.38. The molecule has 17 heavy (non-hydrogen) atoms. The molecule has 0 bridgehead atoms. The molecule has 0 saturated carbocycles. The summed E-state index contributed by atoms with van der Waals surface area (Å²) < 4.78 is 0. The molecule has 2 unspecified atom stereocenters. The Kier molecular flexibility index (Phi) is 16.0. The van der Waals surface area contributed by atoms with Crippen LogP contribution in [0.3, 0.4) is 0 Å². The van der Waals surface area contributed by atoms with E-state index in [1.54, 1.807) is 6.92 Å². The van der Waals surface area contributed by atoms with E-state index in [-0.39, 0.29) is 57.5 Å². The molecule has 0 fully saturated rings. The summed E-state index contributed by atoms with van der Waals surface area (Å²) >= 11 is 0. The van der Waals surface area contributed by atoms with Gasteiger partial charge >= 0.3 is 51.4 Å². The Morgan fingerprint density at radius 3 is 2.59 bits per heavy atom. The average Bonchev–Trinajstić information content (AvgIpc) is 2.25. The Balaban J connectivity index is 0. The average molecular weight is 270 g/mol. The van der Waals surface area contributed by atoms with Crippen LogP contribution in [0.15, 0.2) is 0 Å². The van der Waals surface area contributed by atoms with Crippen molar-refractivity contribution in [2.24, 2.45) is 0 Å². The molecule has 96 valence electrons. The summed E-state index contributed by atoms with van der Waals surface area (Å²) in [5.74, 6) is -1.09. The first-order valence-electron chi connectivity index (χ1n) is 5.91. The van der Waals surface area contributed by atoms with Crippen molar-refractivity contribution in [3.8, 4) is 0 Å². The number of hydrogen-bond acceptors (Lipinski definition) is 5. The van der Waals surface area contributed by atoms with Crippen LogP contribution in [0.25, 0.3) is 0 Å². The van der Waals surface area contributed by atoms with Crippen LogP contribution in [-0.2, 0) is 4.79 Å². The van der Waals surface area contributed by atoms with Gasteiger partial charge in [0.15, 0.2) is 0 Å². The number of hydrogen-bond donors (Lipinski definition) is 3. The predicted molar refractivity (Wildman–Crippen MR) is 60.9 cm³/mol. The van der Waals surface area contributed by atoms with E-state index in [2.05, 4.69) is 17.6 Å². The summed E-state index contributed by atoms with van der Waals surface area (Å²) in [6, 6.07) is -0.633. The van der Waals surface area contributed by atoms with Gasteiger partial charge in [-0.2, -0.15) is 0 Å². The maximum absolute atomic E-state index is 10.4. The van der Waals surface area contributed by atoms with E-state index in [4.69, 9.17) is 0 Å². The second-order valence-corrected chi connectivity index (χ2v) is 4.00. The van der Waals surface area contributed by atoms with Gasteiger partial charge in [0.1, 0.15) is 0 Å². The molecule has 2 atom stereocenters. The normalized spacial score (nSPS) is 13.8. The van der Waals surface area contributed by atoms with Crippen molar-refractivity contribution in [1.29, 1.82) is 0 Å². The van der Waals surface area contributed by atoms with Crippen LogP contribution in [-0.4, -0.2) is 42.9 Å². The Bertz CT molecular complexity index is 194. The summed E-state index contributed by atoms with van der Waals surface area (Å²) in [5.41, 5.74) is 0. The Labute approximate surface area is 146 Å². The SMILES string of the molecule is CCCCC(O)CNCCNC(C)C(=O)[O-].[K+]. The molecule has 0 spiro atoms. The molecule has 0 radical (unpaired) electrons. The van der Waals surface area contributed by atoms with Crippen molar-refractivity contribution in [3.63, 3.8) is 0 Å². The van der Waals surface area contributed by atoms with Crippen molar-refractivity contribution in [2.75, 3.05) is 19.6 Å².